The zero-order chi connectivity index (χ0) is 17.7. The largest absolute Gasteiger partial charge is 0.495 e. The first-order valence-electron chi connectivity index (χ1n) is 6.99. The first kappa shape index (κ1) is 19.0. The Morgan fingerprint density at radius 2 is 1.79 bits per heavy atom. The number of halogens is 2. The van der Waals surface area contributed by atoms with Crippen molar-refractivity contribution in [1.82, 2.24) is 4.72 Å². The van der Waals surface area contributed by atoms with E-state index in [1.54, 1.807) is 18.2 Å². The van der Waals surface area contributed by atoms with Gasteiger partial charge >= 0.3 is 0 Å². The highest BCUT2D eigenvalue weighted by molar-refractivity contribution is 7.89. The highest BCUT2D eigenvalue weighted by Crippen LogP contribution is 2.28. The maximum atomic E-state index is 12.4. The molecule has 1 atom stereocenters. The molecule has 1 unspecified atom stereocenters. The third-order valence-corrected chi connectivity index (χ3v) is 5.49. The lowest BCUT2D eigenvalue weighted by molar-refractivity contribution is 0.107. The van der Waals surface area contributed by atoms with Gasteiger partial charge in [-0.1, -0.05) is 41.4 Å². The molecule has 130 valence electrons. The molecule has 5 nitrogen and oxygen atoms in total. The van der Waals surface area contributed by atoms with Crippen molar-refractivity contribution < 1.29 is 17.9 Å². The van der Waals surface area contributed by atoms with Crippen molar-refractivity contribution in [3.63, 3.8) is 0 Å². The summed E-state index contributed by atoms with van der Waals surface area (Å²) in [5, 5.41) is 0.728. The summed E-state index contributed by atoms with van der Waals surface area (Å²) in [6.07, 6.45) is -0.512. The molecule has 0 aliphatic heterocycles. The van der Waals surface area contributed by atoms with E-state index in [-0.39, 0.29) is 16.5 Å². The summed E-state index contributed by atoms with van der Waals surface area (Å²) in [6.45, 7) is 0.0339. The highest BCUT2D eigenvalue weighted by atomic mass is 35.5. The van der Waals surface area contributed by atoms with E-state index in [0.717, 1.165) is 0 Å². The molecule has 24 heavy (non-hydrogen) atoms. The molecule has 2 aromatic rings. The summed E-state index contributed by atoms with van der Waals surface area (Å²) in [7, 11) is -0.795. The van der Waals surface area contributed by atoms with Crippen LogP contribution < -0.4 is 9.46 Å². The van der Waals surface area contributed by atoms with Gasteiger partial charge in [0.15, 0.2) is 0 Å². The van der Waals surface area contributed by atoms with Gasteiger partial charge in [0.25, 0.3) is 0 Å². The minimum Gasteiger partial charge on any atom is -0.495 e. The summed E-state index contributed by atoms with van der Waals surface area (Å²) >= 11 is 12.1. The van der Waals surface area contributed by atoms with Gasteiger partial charge in [-0.3, -0.25) is 0 Å². The van der Waals surface area contributed by atoms with Crippen LogP contribution in [0.3, 0.4) is 0 Å². The molecular formula is C16H17Cl2NO4S. The molecule has 8 heteroatoms. The second-order valence-electron chi connectivity index (χ2n) is 4.89. The Kier molecular flexibility index (Phi) is 6.48. The zero-order valence-electron chi connectivity index (χ0n) is 13.1. The number of benzene rings is 2. The topological polar surface area (TPSA) is 64.6 Å². The van der Waals surface area contributed by atoms with Crippen molar-refractivity contribution >= 4 is 33.2 Å². The van der Waals surface area contributed by atoms with E-state index >= 15 is 0 Å². The first-order chi connectivity index (χ1) is 11.4. The Morgan fingerprint density at radius 3 is 2.38 bits per heavy atom. The lowest BCUT2D eigenvalue weighted by Gasteiger charge is -2.18. The van der Waals surface area contributed by atoms with Gasteiger partial charge in [-0.15, -0.1) is 0 Å². The lowest BCUT2D eigenvalue weighted by Crippen LogP contribution is -2.29. The van der Waals surface area contributed by atoms with Crippen LogP contribution in [-0.2, 0) is 14.8 Å². The summed E-state index contributed by atoms with van der Waals surface area (Å²) in [4.78, 5) is 0.0438. The van der Waals surface area contributed by atoms with Crippen LogP contribution in [0.5, 0.6) is 5.75 Å². The Bertz CT molecular complexity index is 811. The van der Waals surface area contributed by atoms with Crippen molar-refractivity contribution in [3.8, 4) is 5.75 Å². The van der Waals surface area contributed by atoms with E-state index in [1.165, 1.54) is 32.4 Å². The van der Waals surface area contributed by atoms with Gasteiger partial charge in [-0.2, -0.15) is 0 Å². The summed E-state index contributed by atoms with van der Waals surface area (Å²) in [5.41, 5.74) is 0.706. The third-order valence-electron chi connectivity index (χ3n) is 3.43. The Morgan fingerprint density at radius 1 is 1.08 bits per heavy atom. The molecule has 0 heterocycles. The fourth-order valence-corrected chi connectivity index (χ4v) is 3.78. The molecule has 0 saturated heterocycles. The average molecular weight is 390 g/mol. The number of hydrogen-bond acceptors (Lipinski definition) is 4. The number of nitrogens with one attached hydrogen (secondary N) is 1. The minimum atomic E-state index is -3.75. The zero-order valence-corrected chi connectivity index (χ0v) is 15.5. The predicted octanol–water partition coefficient (Wildman–Crippen LogP) is 3.67. The van der Waals surface area contributed by atoms with Crippen molar-refractivity contribution in [2.45, 2.75) is 11.0 Å². The van der Waals surface area contributed by atoms with Crippen LogP contribution in [0.4, 0.5) is 0 Å². The van der Waals surface area contributed by atoms with Crippen molar-refractivity contribution in [2.75, 3.05) is 20.8 Å². The van der Waals surface area contributed by atoms with E-state index < -0.39 is 16.1 Å². The van der Waals surface area contributed by atoms with Gasteiger partial charge in [0.2, 0.25) is 10.0 Å². The van der Waals surface area contributed by atoms with E-state index in [9.17, 15) is 8.42 Å². The maximum Gasteiger partial charge on any atom is 0.240 e. The number of sulfonamides is 1. The van der Waals surface area contributed by atoms with Crippen molar-refractivity contribution in [3.05, 3.63) is 58.1 Å². The first-order valence-corrected chi connectivity index (χ1v) is 9.23. The monoisotopic (exact) mass is 389 g/mol. The molecular weight excluding hydrogens is 373 g/mol. The van der Waals surface area contributed by atoms with Gasteiger partial charge in [0.05, 0.1) is 23.1 Å². The smallest absolute Gasteiger partial charge is 0.240 e. The molecule has 0 amide bonds. The number of methoxy groups -OCH3 is 2. The average Bonchev–Trinajstić information content (AvgIpc) is 2.56. The number of ether oxygens (including phenoxy) is 2. The van der Waals surface area contributed by atoms with Crippen LogP contribution in [-0.4, -0.2) is 29.2 Å². The molecule has 1 N–H and O–H groups in total. The highest BCUT2D eigenvalue weighted by Gasteiger charge is 2.20. The van der Waals surface area contributed by atoms with Gasteiger partial charge in [-0.05, 0) is 24.3 Å². The van der Waals surface area contributed by atoms with Crippen LogP contribution >= 0.6 is 23.2 Å². The van der Waals surface area contributed by atoms with Crippen LogP contribution in [0.2, 0.25) is 10.0 Å². The quantitative estimate of drug-likeness (QED) is 0.784. The lowest BCUT2D eigenvalue weighted by atomic mass is 10.1. The van der Waals surface area contributed by atoms with Gasteiger partial charge in [-0.25, -0.2) is 13.1 Å². The molecule has 2 aromatic carbocycles. The normalized spacial score (nSPS) is 12.8. The van der Waals surface area contributed by atoms with E-state index in [1.807, 2.05) is 6.07 Å². The fraction of sp³-hybridized carbons (Fsp3) is 0.250. The Balaban J connectivity index is 2.17. The molecule has 0 fully saturated rings. The van der Waals surface area contributed by atoms with Gasteiger partial charge in [0.1, 0.15) is 5.75 Å². The van der Waals surface area contributed by atoms with Crippen LogP contribution in [0.15, 0.2) is 47.4 Å². The summed E-state index contributed by atoms with van der Waals surface area (Å²) < 4.78 is 37.7. The molecule has 2 rings (SSSR count). The molecule has 0 bridgehead atoms. The molecule has 0 aliphatic rings. The SMILES string of the molecule is COc1ccc(S(=O)(=O)NCC(OC)c2ccccc2Cl)cc1Cl. The predicted molar refractivity (Wildman–Crippen MR) is 94.4 cm³/mol. The minimum absolute atomic E-state index is 0.0339. The van der Waals surface area contributed by atoms with Gasteiger partial charge < -0.3 is 9.47 Å². The Hall–Kier alpha value is -1.31. The molecule has 0 aromatic heterocycles. The standard InChI is InChI=1S/C16H17Cl2NO4S/c1-22-15-8-7-11(9-14(15)18)24(20,21)19-10-16(23-2)12-5-3-4-6-13(12)17/h3-9,16,19H,10H2,1-2H3. The van der Waals surface area contributed by atoms with Crippen LogP contribution in [0, 0.1) is 0 Å². The third kappa shape index (κ3) is 4.40. The number of rotatable bonds is 7. The van der Waals surface area contributed by atoms with E-state index in [2.05, 4.69) is 4.72 Å². The molecule has 0 spiro atoms. The molecule has 0 radical (unpaired) electrons. The van der Waals surface area contributed by atoms with Crippen LogP contribution in [0.1, 0.15) is 11.7 Å². The molecule has 0 saturated carbocycles. The number of hydrogen-bond donors (Lipinski definition) is 1. The van der Waals surface area contributed by atoms with E-state index in [0.29, 0.717) is 16.3 Å². The Labute approximate surface area is 151 Å². The second-order valence-corrected chi connectivity index (χ2v) is 7.48. The van der Waals surface area contributed by atoms with E-state index in [4.69, 9.17) is 32.7 Å². The second kappa shape index (κ2) is 8.18. The maximum absolute atomic E-state index is 12.4. The van der Waals surface area contributed by atoms with Gasteiger partial charge in [0, 0.05) is 24.2 Å². The summed E-state index contributed by atoms with van der Waals surface area (Å²) in [6, 6.07) is 11.4. The van der Waals surface area contributed by atoms with Crippen molar-refractivity contribution in [2.24, 2.45) is 0 Å². The van der Waals surface area contributed by atoms with Crippen molar-refractivity contribution in [1.29, 1.82) is 0 Å². The summed E-state index contributed by atoms with van der Waals surface area (Å²) in [5.74, 6) is 0.404. The fourth-order valence-electron chi connectivity index (χ4n) is 2.14. The van der Waals surface area contributed by atoms with Crippen LogP contribution in [0.25, 0.3) is 0 Å². The molecule has 0 aliphatic carbocycles.